The van der Waals surface area contributed by atoms with E-state index in [-0.39, 0.29) is 24.7 Å². The van der Waals surface area contributed by atoms with Gasteiger partial charge in [-0.2, -0.15) is 9.78 Å². The average molecular weight is 556 g/mol. The number of fused-ring (bicyclic) bond motifs is 1. The van der Waals surface area contributed by atoms with Crippen LogP contribution in [0, 0.1) is 0 Å². The molecule has 2 aromatic carbocycles. The Morgan fingerprint density at radius 3 is 2.72 bits per heavy atom. The number of ether oxygens (including phenoxy) is 3. The summed E-state index contributed by atoms with van der Waals surface area (Å²) in [5, 5.41) is 5.01. The number of methoxy groups -OCH3 is 1. The second-order valence-corrected chi connectivity index (χ2v) is 9.02. The molecule has 0 bridgehead atoms. The zero-order chi connectivity index (χ0) is 26.2. The van der Waals surface area contributed by atoms with Crippen LogP contribution in [0.3, 0.4) is 0 Å². The topological polar surface area (TPSA) is 92.0 Å². The fraction of sp³-hybridized carbons (Fsp3) is 0.333. The number of hydrogen-bond acceptors (Lipinski definition) is 7. The highest BCUT2D eigenvalue weighted by Crippen LogP contribution is 2.33. The summed E-state index contributed by atoms with van der Waals surface area (Å²) in [7, 11) is 1.52. The van der Waals surface area contributed by atoms with E-state index in [4.69, 9.17) is 19.2 Å². The summed E-state index contributed by atoms with van der Waals surface area (Å²) in [6, 6.07) is 9.02. The molecule has 0 aliphatic carbocycles. The van der Waals surface area contributed by atoms with Gasteiger partial charge in [0.2, 0.25) is 0 Å². The van der Waals surface area contributed by atoms with Gasteiger partial charge in [-0.3, -0.25) is 4.79 Å². The SMILES string of the molecule is C=CCc1cc(C=Nn2c([C@H](C)CC)nc3ccc(Br)cc3c2=O)cc(OC)c1OCC(=O)OCC. The molecular formula is C27H30BrN3O5. The van der Waals surface area contributed by atoms with Crippen LogP contribution < -0.4 is 15.0 Å². The van der Waals surface area contributed by atoms with Crippen LogP contribution in [0.25, 0.3) is 10.9 Å². The predicted octanol–water partition coefficient (Wildman–Crippen LogP) is 5.23. The van der Waals surface area contributed by atoms with Crippen LogP contribution in [0.5, 0.6) is 11.5 Å². The molecule has 190 valence electrons. The number of allylic oxidation sites excluding steroid dienone is 1. The number of esters is 1. The zero-order valence-corrected chi connectivity index (χ0v) is 22.5. The molecular weight excluding hydrogens is 526 g/mol. The quantitative estimate of drug-likeness (QED) is 0.182. The van der Waals surface area contributed by atoms with E-state index < -0.39 is 5.97 Å². The number of rotatable bonds is 11. The third kappa shape index (κ3) is 6.20. The van der Waals surface area contributed by atoms with Gasteiger partial charge >= 0.3 is 5.97 Å². The van der Waals surface area contributed by atoms with Crippen molar-refractivity contribution < 1.29 is 19.0 Å². The fourth-order valence-corrected chi connectivity index (χ4v) is 3.98. The summed E-state index contributed by atoms with van der Waals surface area (Å²) in [4.78, 5) is 29.9. The van der Waals surface area contributed by atoms with Gasteiger partial charge in [0.1, 0.15) is 5.82 Å². The molecule has 0 saturated heterocycles. The number of aromatic nitrogens is 2. The highest BCUT2D eigenvalue weighted by Gasteiger charge is 2.17. The first-order valence-electron chi connectivity index (χ1n) is 11.7. The summed E-state index contributed by atoms with van der Waals surface area (Å²) in [6.45, 7) is 9.62. The number of hydrogen-bond donors (Lipinski definition) is 0. The van der Waals surface area contributed by atoms with E-state index in [1.165, 1.54) is 11.8 Å². The third-order valence-corrected chi connectivity index (χ3v) is 6.08. The van der Waals surface area contributed by atoms with Crippen LogP contribution in [0.4, 0.5) is 0 Å². The minimum Gasteiger partial charge on any atom is -0.493 e. The van der Waals surface area contributed by atoms with Crippen molar-refractivity contribution in [1.29, 1.82) is 0 Å². The molecule has 0 aliphatic heterocycles. The van der Waals surface area contributed by atoms with E-state index >= 15 is 0 Å². The molecule has 0 aliphatic rings. The van der Waals surface area contributed by atoms with E-state index in [0.717, 1.165) is 16.5 Å². The Morgan fingerprint density at radius 2 is 2.06 bits per heavy atom. The Balaban J connectivity index is 2.08. The van der Waals surface area contributed by atoms with Gasteiger partial charge in [-0.25, -0.2) is 9.78 Å². The van der Waals surface area contributed by atoms with Crippen LogP contribution in [-0.4, -0.2) is 42.2 Å². The second-order valence-electron chi connectivity index (χ2n) is 8.10. The normalized spacial score (nSPS) is 12.0. The first-order valence-corrected chi connectivity index (χ1v) is 12.5. The largest absolute Gasteiger partial charge is 0.493 e. The molecule has 9 heteroatoms. The summed E-state index contributed by atoms with van der Waals surface area (Å²) in [5.41, 5.74) is 1.82. The molecule has 3 rings (SSSR count). The lowest BCUT2D eigenvalue weighted by Gasteiger charge is -2.16. The van der Waals surface area contributed by atoms with Crippen molar-refractivity contribution in [2.45, 2.75) is 39.5 Å². The van der Waals surface area contributed by atoms with Crippen LogP contribution >= 0.6 is 15.9 Å². The van der Waals surface area contributed by atoms with Crippen LogP contribution in [0.2, 0.25) is 0 Å². The lowest BCUT2D eigenvalue weighted by atomic mass is 10.1. The predicted molar refractivity (Wildman–Crippen MR) is 144 cm³/mol. The minimum absolute atomic E-state index is 0.0208. The number of benzene rings is 2. The standard InChI is InChI=1S/C27H30BrN3O5/c1-6-9-19-12-18(13-23(34-5)25(19)36-16-24(32)35-8-3)15-29-31-26(17(4)7-2)30-22-11-10-20(28)14-21(22)27(31)33/h6,10-15,17H,1,7-9,16H2,2-5H3/t17-/m1/s1. The minimum atomic E-state index is -0.470. The Labute approximate surface area is 218 Å². The maximum atomic E-state index is 13.4. The molecule has 8 nitrogen and oxygen atoms in total. The smallest absolute Gasteiger partial charge is 0.344 e. The van der Waals surface area contributed by atoms with Gasteiger partial charge in [0.15, 0.2) is 18.1 Å². The first kappa shape index (κ1) is 27.1. The first-order chi connectivity index (χ1) is 17.3. The van der Waals surface area contributed by atoms with Gasteiger partial charge in [-0.15, -0.1) is 6.58 Å². The van der Waals surface area contributed by atoms with Crippen LogP contribution in [0.1, 0.15) is 50.1 Å². The van der Waals surface area contributed by atoms with Crippen molar-refractivity contribution in [2.24, 2.45) is 5.10 Å². The molecule has 0 amide bonds. The number of halogens is 1. The molecule has 1 heterocycles. The maximum absolute atomic E-state index is 13.4. The zero-order valence-electron chi connectivity index (χ0n) is 20.9. The molecule has 0 spiro atoms. The van der Waals surface area contributed by atoms with Gasteiger partial charge in [-0.05, 0) is 55.7 Å². The van der Waals surface area contributed by atoms with Crippen molar-refractivity contribution in [1.82, 2.24) is 9.66 Å². The van der Waals surface area contributed by atoms with Crippen molar-refractivity contribution >= 4 is 39.0 Å². The van der Waals surface area contributed by atoms with Crippen LogP contribution in [-0.2, 0) is 16.0 Å². The monoisotopic (exact) mass is 555 g/mol. The van der Waals surface area contributed by atoms with Crippen LogP contribution in [0.15, 0.2) is 57.4 Å². The fourth-order valence-electron chi connectivity index (χ4n) is 3.62. The van der Waals surface area contributed by atoms with E-state index in [0.29, 0.717) is 40.2 Å². The average Bonchev–Trinajstić information content (AvgIpc) is 2.87. The Kier molecular flexibility index (Phi) is 9.41. The summed E-state index contributed by atoms with van der Waals surface area (Å²) in [5.74, 6) is 0.989. The maximum Gasteiger partial charge on any atom is 0.344 e. The van der Waals surface area contributed by atoms with E-state index in [2.05, 4.69) is 27.6 Å². The number of nitrogens with zero attached hydrogens (tertiary/aromatic N) is 3. The van der Waals surface area contributed by atoms with Crippen molar-refractivity contribution in [3.63, 3.8) is 0 Å². The van der Waals surface area contributed by atoms with Gasteiger partial charge in [-0.1, -0.05) is 35.9 Å². The molecule has 0 radical (unpaired) electrons. The molecule has 0 saturated carbocycles. The van der Waals surface area contributed by atoms with Gasteiger partial charge in [0.25, 0.3) is 5.56 Å². The molecule has 3 aromatic rings. The molecule has 1 aromatic heterocycles. The second kappa shape index (κ2) is 12.5. The van der Waals surface area contributed by atoms with Gasteiger partial charge < -0.3 is 14.2 Å². The summed E-state index contributed by atoms with van der Waals surface area (Å²) in [6.07, 6.45) is 4.58. The Morgan fingerprint density at radius 1 is 1.28 bits per heavy atom. The van der Waals surface area contributed by atoms with E-state index in [1.54, 1.807) is 31.3 Å². The van der Waals surface area contributed by atoms with Crippen molar-refractivity contribution in [2.75, 3.05) is 20.3 Å². The lowest BCUT2D eigenvalue weighted by molar-refractivity contribution is -0.145. The summed E-state index contributed by atoms with van der Waals surface area (Å²) < 4.78 is 18.4. The Hall–Kier alpha value is -3.46. The Bertz CT molecular complexity index is 1350. The number of carbonyl (C=O) groups is 1. The molecule has 0 unspecified atom stereocenters. The third-order valence-electron chi connectivity index (χ3n) is 5.59. The molecule has 1 atom stereocenters. The van der Waals surface area contributed by atoms with E-state index in [1.807, 2.05) is 32.0 Å². The van der Waals surface area contributed by atoms with Crippen molar-refractivity contribution in [3.05, 3.63) is 74.8 Å². The van der Waals surface area contributed by atoms with Gasteiger partial charge in [0.05, 0.1) is 30.8 Å². The van der Waals surface area contributed by atoms with Gasteiger partial charge in [0, 0.05) is 16.0 Å². The van der Waals surface area contributed by atoms with E-state index in [9.17, 15) is 9.59 Å². The molecule has 0 N–H and O–H groups in total. The molecule has 36 heavy (non-hydrogen) atoms. The highest BCUT2D eigenvalue weighted by molar-refractivity contribution is 9.10. The lowest BCUT2D eigenvalue weighted by Crippen LogP contribution is -2.23. The van der Waals surface area contributed by atoms with Crippen molar-refractivity contribution in [3.8, 4) is 11.5 Å². The summed E-state index contributed by atoms with van der Waals surface area (Å²) >= 11 is 3.43. The number of carbonyl (C=O) groups excluding carboxylic acids is 1. The molecule has 0 fully saturated rings. The highest BCUT2D eigenvalue weighted by atomic mass is 79.9.